The molecule has 0 aliphatic rings. The molecule has 2 aromatic carbocycles. The second-order valence-electron chi connectivity index (χ2n) is 3.48. The Bertz CT molecular complexity index is 661. The van der Waals surface area contributed by atoms with Crippen LogP contribution in [0.25, 0.3) is 0 Å². The SMILES string of the molecule is O=S(=O)(/N=C(\[O-])c1ccccc1)c1c[c-]ccc1.[Li+].[Na+]. The van der Waals surface area contributed by atoms with Crippen molar-refractivity contribution in [2.45, 2.75) is 4.90 Å². The molecule has 0 heterocycles. The Labute approximate surface area is 152 Å². The van der Waals surface area contributed by atoms with Gasteiger partial charge in [-0.05, 0) is 10.5 Å². The average Bonchev–Trinajstić information content (AvgIpc) is 2.40. The first-order chi connectivity index (χ1) is 8.59. The first kappa shape index (κ1) is 19.5. The van der Waals surface area contributed by atoms with Gasteiger partial charge in [0, 0.05) is 5.90 Å². The Morgan fingerprint density at radius 1 is 1.10 bits per heavy atom. The summed E-state index contributed by atoms with van der Waals surface area (Å²) in [7, 11) is -3.96. The van der Waals surface area contributed by atoms with Crippen molar-refractivity contribution in [1.29, 1.82) is 0 Å². The quantitative estimate of drug-likeness (QED) is 0.246. The van der Waals surface area contributed by atoms with Crippen LogP contribution in [0, 0.1) is 6.07 Å². The summed E-state index contributed by atoms with van der Waals surface area (Å²) < 4.78 is 26.9. The predicted octanol–water partition coefficient (Wildman–Crippen LogP) is -5.01. The Morgan fingerprint density at radius 2 is 1.75 bits per heavy atom. The predicted molar refractivity (Wildman–Crippen MR) is 65.4 cm³/mol. The molecule has 0 saturated heterocycles. The Morgan fingerprint density at radius 3 is 2.30 bits per heavy atom. The summed E-state index contributed by atoms with van der Waals surface area (Å²) in [6, 6.07) is 16.4. The van der Waals surface area contributed by atoms with Crippen LogP contribution < -0.4 is 53.5 Å². The van der Waals surface area contributed by atoms with Crippen molar-refractivity contribution in [3.05, 3.63) is 66.2 Å². The van der Waals surface area contributed by atoms with Gasteiger partial charge in [-0.1, -0.05) is 30.3 Å². The molecule has 0 fully saturated rings. The third kappa shape index (κ3) is 5.10. The van der Waals surface area contributed by atoms with E-state index in [1.807, 2.05) is 0 Å². The van der Waals surface area contributed by atoms with Gasteiger partial charge in [0.1, 0.15) is 0 Å². The van der Waals surface area contributed by atoms with Gasteiger partial charge in [0.25, 0.3) is 0 Å². The van der Waals surface area contributed by atoms with Crippen molar-refractivity contribution in [3.63, 3.8) is 0 Å². The average molecular weight is 289 g/mol. The molecule has 0 spiro atoms. The summed E-state index contributed by atoms with van der Waals surface area (Å²) in [5.41, 5.74) is 0.237. The van der Waals surface area contributed by atoms with Gasteiger partial charge in [0.15, 0.2) is 0 Å². The van der Waals surface area contributed by atoms with Gasteiger partial charge in [-0.15, -0.1) is 0 Å². The van der Waals surface area contributed by atoms with Crippen LogP contribution in [0.4, 0.5) is 0 Å². The normalized spacial score (nSPS) is 11.1. The summed E-state index contributed by atoms with van der Waals surface area (Å²) in [4.78, 5) is -0.0470. The second-order valence-corrected chi connectivity index (χ2v) is 5.08. The van der Waals surface area contributed by atoms with Crippen molar-refractivity contribution >= 4 is 15.9 Å². The van der Waals surface area contributed by atoms with E-state index in [-0.39, 0.29) is 58.9 Å². The summed E-state index contributed by atoms with van der Waals surface area (Å²) >= 11 is 0. The zero-order valence-electron chi connectivity index (χ0n) is 11.3. The molecule has 0 bridgehead atoms. The molecule has 0 aliphatic heterocycles. The van der Waals surface area contributed by atoms with E-state index in [2.05, 4.69) is 10.5 Å². The molecule has 2 rings (SSSR count). The van der Waals surface area contributed by atoms with E-state index in [9.17, 15) is 13.5 Å². The summed E-state index contributed by atoms with van der Waals surface area (Å²) in [6.07, 6.45) is 0. The molecule has 0 radical (unpaired) electrons. The van der Waals surface area contributed by atoms with Gasteiger partial charge in [-0.2, -0.15) is 34.7 Å². The van der Waals surface area contributed by atoms with Crippen LogP contribution in [-0.4, -0.2) is 14.3 Å². The van der Waals surface area contributed by atoms with Crippen LogP contribution in [0.3, 0.4) is 0 Å². The third-order valence-corrected chi connectivity index (χ3v) is 3.46. The standard InChI is InChI=1S/C13H10NO3S.Li.Na/c15-13(11-7-3-1-4-8-11)14-18(16,17)12-9-5-2-6-10-12;;/h1-5,7-10H,(H,14,15);;/q-1;2*+1/p-1. The van der Waals surface area contributed by atoms with Crippen molar-refractivity contribution in [2.75, 3.05) is 0 Å². The zero-order valence-corrected chi connectivity index (χ0v) is 14.1. The van der Waals surface area contributed by atoms with Gasteiger partial charge in [-0.25, -0.2) is 8.42 Å². The maximum atomic E-state index is 11.8. The van der Waals surface area contributed by atoms with E-state index in [1.54, 1.807) is 24.3 Å². The van der Waals surface area contributed by atoms with Crippen LogP contribution in [0.1, 0.15) is 5.56 Å². The van der Waals surface area contributed by atoms with Crippen molar-refractivity contribution in [2.24, 2.45) is 4.40 Å². The van der Waals surface area contributed by atoms with Crippen LogP contribution in [0.5, 0.6) is 0 Å². The minimum absolute atomic E-state index is 0. The molecule has 2 aromatic rings. The maximum absolute atomic E-state index is 11.8. The number of hydrogen-bond acceptors (Lipinski definition) is 3. The number of benzene rings is 2. The topological polar surface area (TPSA) is 69.6 Å². The Hall–Kier alpha value is -0.543. The third-order valence-electron chi connectivity index (χ3n) is 2.20. The first-order valence-corrected chi connectivity index (χ1v) is 6.57. The van der Waals surface area contributed by atoms with Gasteiger partial charge < -0.3 is 5.11 Å². The molecule has 0 aliphatic carbocycles. The summed E-state index contributed by atoms with van der Waals surface area (Å²) in [5, 5.41) is 11.7. The molecule has 0 N–H and O–H groups in total. The van der Waals surface area contributed by atoms with E-state index >= 15 is 0 Å². The molecule has 0 atom stereocenters. The number of nitrogens with zero attached hydrogens (tertiary/aromatic N) is 1. The monoisotopic (exact) mass is 289 g/mol. The van der Waals surface area contributed by atoms with Gasteiger partial charge >= 0.3 is 48.4 Å². The van der Waals surface area contributed by atoms with E-state index in [0.717, 1.165) is 0 Å². The molecular weight excluding hydrogens is 280 g/mol. The molecular formula is C13H9LiNNaO3S. The molecule has 0 saturated carbocycles. The van der Waals surface area contributed by atoms with Crippen LogP contribution in [0.15, 0.2) is 63.9 Å². The molecule has 7 heteroatoms. The minimum Gasteiger partial charge on any atom is -0.858 e. The molecule has 92 valence electrons. The molecule has 4 nitrogen and oxygen atoms in total. The van der Waals surface area contributed by atoms with Crippen molar-refractivity contribution < 1.29 is 61.9 Å². The fraction of sp³-hybridized carbons (Fsp3) is 0. The van der Waals surface area contributed by atoms with Crippen LogP contribution in [0.2, 0.25) is 0 Å². The van der Waals surface area contributed by atoms with Gasteiger partial charge in [0.2, 0.25) is 10.0 Å². The maximum Gasteiger partial charge on any atom is 1.00 e. The molecule has 0 unspecified atom stereocenters. The van der Waals surface area contributed by atoms with E-state index in [1.165, 1.54) is 30.3 Å². The van der Waals surface area contributed by atoms with E-state index in [4.69, 9.17) is 0 Å². The van der Waals surface area contributed by atoms with E-state index in [0.29, 0.717) is 0 Å². The largest absolute Gasteiger partial charge is 1.00 e. The van der Waals surface area contributed by atoms with Gasteiger partial charge in [-0.3, -0.25) is 0 Å². The Balaban J connectivity index is 0.00000180. The smallest absolute Gasteiger partial charge is 0.858 e. The minimum atomic E-state index is -3.96. The van der Waals surface area contributed by atoms with Crippen molar-refractivity contribution in [1.82, 2.24) is 0 Å². The summed E-state index contributed by atoms with van der Waals surface area (Å²) in [5.74, 6) is -0.778. The first-order valence-electron chi connectivity index (χ1n) is 5.13. The number of rotatable bonds is 3. The van der Waals surface area contributed by atoms with E-state index < -0.39 is 15.9 Å². The number of sulfonamides is 1. The van der Waals surface area contributed by atoms with Crippen molar-refractivity contribution in [3.8, 4) is 0 Å². The molecule has 20 heavy (non-hydrogen) atoms. The molecule has 0 aromatic heterocycles. The number of hydrogen-bond donors (Lipinski definition) is 0. The molecule has 0 amide bonds. The second kappa shape index (κ2) is 8.68. The summed E-state index contributed by atoms with van der Waals surface area (Å²) in [6.45, 7) is 0. The fourth-order valence-electron chi connectivity index (χ4n) is 1.33. The zero-order chi connectivity index (χ0) is 13.0. The fourth-order valence-corrected chi connectivity index (χ4v) is 2.23. The van der Waals surface area contributed by atoms with Crippen LogP contribution >= 0.6 is 0 Å². The van der Waals surface area contributed by atoms with Crippen LogP contribution in [-0.2, 0) is 10.0 Å². The van der Waals surface area contributed by atoms with Gasteiger partial charge in [0.05, 0.1) is 0 Å². The Kier molecular flexibility index (Phi) is 8.44.